The third-order valence-corrected chi connectivity index (χ3v) is 1.28. The van der Waals surface area contributed by atoms with Crippen molar-refractivity contribution in [2.24, 2.45) is 5.73 Å². The highest BCUT2D eigenvalue weighted by Gasteiger charge is 2.06. The molecule has 0 fully saturated rings. The first-order valence-electron chi connectivity index (χ1n) is 3.40. The zero-order valence-corrected chi connectivity index (χ0v) is 6.21. The minimum absolute atomic E-state index is 0.537. The van der Waals surface area contributed by atoms with Gasteiger partial charge in [-0.25, -0.2) is 4.79 Å². The Bertz CT molecular complexity index is 106. The normalized spacial score (nSPS) is 9.40. The lowest BCUT2D eigenvalue weighted by Gasteiger charge is -2.15. The molecule has 0 aromatic heterocycles. The van der Waals surface area contributed by atoms with E-state index in [9.17, 15) is 4.79 Å². The van der Waals surface area contributed by atoms with Crippen LogP contribution in [0.5, 0.6) is 0 Å². The second kappa shape index (κ2) is 5.05. The van der Waals surface area contributed by atoms with Gasteiger partial charge in [-0.05, 0) is 19.9 Å². The first kappa shape index (κ1) is 9.23. The van der Waals surface area contributed by atoms with Gasteiger partial charge in [-0.1, -0.05) is 0 Å². The molecule has 0 heterocycles. The van der Waals surface area contributed by atoms with Crippen molar-refractivity contribution in [3.63, 3.8) is 0 Å². The maximum atomic E-state index is 10.3. The minimum atomic E-state index is -0.865. The molecule has 0 spiro atoms. The lowest BCUT2D eigenvalue weighted by molar-refractivity contribution is 0.147. The van der Waals surface area contributed by atoms with Gasteiger partial charge in [-0.15, -0.1) is 0 Å². The van der Waals surface area contributed by atoms with E-state index in [2.05, 4.69) is 0 Å². The molecule has 3 N–H and O–H groups in total. The average molecular weight is 146 g/mol. The topological polar surface area (TPSA) is 66.6 Å². The number of hydrogen-bond acceptors (Lipinski definition) is 2. The van der Waals surface area contributed by atoms with Crippen molar-refractivity contribution < 1.29 is 9.90 Å². The third kappa shape index (κ3) is 3.29. The van der Waals surface area contributed by atoms with Crippen LogP contribution in [0.25, 0.3) is 0 Å². The minimum Gasteiger partial charge on any atom is -0.465 e. The molecule has 0 bridgehead atoms. The molecular weight excluding hydrogens is 132 g/mol. The van der Waals surface area contributed by atoms with Crippen LogP contribution in [0.2, 0.25) is 0 Å². The van der Waals surface area contributed by atoms with Gasteiger partial charge in [-0.3, -0.25) is 0 Å². The lowest BCUT2D eigenvalue weighted by Crippen LogP contribution is -2.31. The molecule has 0 saturated heterocycles. The molecule has 0 aliphatic rings. The van der Waals surface area contributed by atoms with Crippen LogP contribution < -0.4 is 5.73 Å². The van der Waals surface area contributed by atoms with Crippen molar-refractivity contribution in [2.75, 3.05) is 19.6 Å². The molecule has 0 aromatic carbocycles. The summed E-state index contributed by atoms with van der Waals surface area (Å²) in [4.78, 5) is 11.7. The van der Waals surface area contributed by atoms with Crippen LogP contribution in [0.1, 0.15) is 13.3 Å². The maximum absolute atomic E-state index is 10.3. The molecule has 60 valence electrons. The smallest absolute Gasteiger partial charge is 0.407 e. The van der Waals surface area contributed by atoms with Crippen LogP contribution in [0, 0.1) is 0 Å². The van der Waals surface area contributed by atoms with Crippen LogP contribution in [0.3, 0.4) is 0 Å². The number of carbonyl (C=O) groups is 1. The van der Waals surface area contributed by atoms with Gasteiger partial charge in [0.05, 0.1) is 0 Å². The highest BCUT2D eigenvalue weighted by Crippen LogP contribution is 1.89. The molecule has 0 radical (unpaired) electrons. The zero-order chi connectivity index (χ0) is 7.98. The van der Waals surface area contributed by atoms with Crippen molar-refractivity contribution in [1.82, 2.24) is 4.90 Å². The van der Waals surface area contributed by atoms with E-state index in [-0.39, 0.29) is 0 Å². The Hall–Kier alpha value is -0.770. The summed E-state index contributed by atoms with van der Waals surface area (Å²) < 4.78 is 0. The van der Waals surface area contributed by atoms with Gasteiger partial charge in [0.25, 0.3) is 0 Å². The van der Waals surface area contributed by atoms with Gasteiger partial charge in [0.2, 0.25) is 0 Å². The number of nitrogens with zero attached hydrogens (tertiary/aromatic N) is 1. The maximum Gasteiger partial charge on any atom is 0.407 e. The van der Waals surface area contributed by atoms with Gasteiger partial charge in [0, 0.05) is 13.1 Å². The Morgan fingerprint density at radius 2 is 2.30 bits per heavy atom. The second-order valence-electron chi connectivity index (χ2n) is 2.00. The van der Waals surface area contributed by atoms with Crippen LogP contribution >= 0.6 is 0 Å². The summed E-state index contributed by atoms with van der Waals surface area (Å²) >= 11 is 0. The van der Waals surface area contributed by atoms with Crippen LogP contribution in [0.4, 0.5) is 4.79 Å². The van der Waals surface area contributed by atoms with Crippen LogP contribution in [-0.2, 0) is 0 Å². The largest absolute Gasteiger partial charge is 0.465 e. The molecule has 0 aromatic rings. The summed E-state index contributed by atoms with van der Waals surface area (Å²) in [5.74, 6) is 0. The third-order valence-electron chi connectivity index (χ3n) is 1.28. The summed E-state index contributed by atoms with van der Waals surface area (Å²) in [5.41, 5.74) is 5.21. The fraction of sp³-hybridized carbons (Fsp3) is 0.833. The number of carboxylic acid groups (broad SMARTS) is 1. The van der Waals surface area contributed by atoms with E-state index in [0.717, 1.165) is 6.42 Å². The molecule has 10 heavy (non-hydrogen) atoms. The predicted octanol–water partition coefficient (Wildman–Crippen LogP) is 0.335. The molecule has 1 amide bonds. The molecule has 0 rings (SSSR count). The monoisotopic (exact) mass is 146 g/mol. The van der Waals surface area contributed by atoms with Crippen molar-refractivity contribution in [2.45, 2.75) is 13.3 Å². The molecule has 4 heteroatoms. The molecular formula is C6H14N2O2. The predicted molar refractivity (Wildman–Crippen MR) is 38.9 cm³/mol. The Morgan fingerprint density at radius 3 is 2.60 bits per heavy atom. The molecule has 0 atom stereocenters. The molecule has 0 aliphatic heterocycles. The fourth-order valence-electron chi connectivity index (χ4n) is 0.671. The van der Waals surface area contributed by atoms with Gasteiger partial charge in [0.1, 0.15) is 0 Å². The Balaban J connectivity index is 3.50. The van der Waals surface area contributed by atoms with Gasteiger partial charge < -0.3 is 15.7 Å². The lowest BCUT2D eigenvalue weighted by atomic mass is 10.4. The summed E-state index contributed by atoms with van der Waals surface area (Å²) in [6, 6.07) is 0. The SMILES string of the molecule is CCN(CCCN)C(=O)O. The fourth-order valence-corrected chi connectivity index (χ4v) is 0.671. The molecule has 0 aliphatic carbocycles. The van der Waals surface area contributed by atoms with Crippen molar-refractivity contribution in [1.29, 1.82) is 0 Å². The van der Waals surface area contributed by atoms with E-state index < -0.39 is 6.09 Å². The number of amides is 1. The van der Waals surface area contributed by atoms with E-state index in [4.69, 9.17) is 10.8 Å². The van der Waals surface area contributed by atoms with Crippen molar-refractivity contribution in [3.8, 4) is 0 Å². The summed E-state index contributed by atoms with van der Waals surface area (Å²) in [5, 5.41) is 8.48. The van der Waals surface area contributed by atoms with Crippen LogP contribution in [-0.4, -0.2) is 35.7 Å². The summed E-state index contributed by atoms with van der Waals surface area (Å²) in [7, 11) is 0. The second-order valence-corrected chi connectivity index (χ2v) is 2.00. The highest BCUT2D eigenvalue weighted by molar-refractivity contribution is 5.64. The highest BCUT2D eigenvalue weighted by atomic mass is 16.4. The van der Waals surface area contributed by atoms with Gasteiger partial charge in [0.15, 0.2) is 0 Å². The Labute approximate surface area is 60.6 Å². The molecule has 0 unspecified atom stereocenters. The van der Waals surface area contributed by atoms with Crippen molar-refractivity contribution >= 4 is 6.09 Å². The van der Waals surface area contributed by atoms with E-state index in [1.807, 2.05) is 6.92 Å². The zero-order valence-electron chi connectivity index (χ0n) is 6.21. The van der Waals surface area contributed by atoms with E-state index >= 15 is 0 Å². The molecule has 0 saturated carbocycles. The first-order valence-corrected chi connectivity index (χ1v) is 3.40. The average Bonchev–Trinajstić information content (AvgIpc) is 1.89. The number of nitrogens with two attached hydrogens (primary N) is 1. The number of rotatable bonds is 4. The van der Waals surface area contributed by atoms with E-state index in [1.54, 1.807) is 0 Å². The van der Waals surface area contributed by atoms with Crippen LogP contribution in [0.15, 0.2) is 0 Å². The van der Waals surface area contributed by atoms with Crippen molar-refractivity contribution in [3.05, 3.63) is 0 Å². The number of hydrogen-bond donors (Lipinski definition) is 2. The standard InChI is InChI=1S/C6H14N2O2/c1-2-8(6(9)10)5-3-4-7/h2-5,7H2,1H3,(H,9,10). The molecule has 4 nitrogen and oxygen atoms in total. The van der Waals surface area contributed by atoms with Gasteiger partial charge in [-0.2, -0.15) is 0 Å². The summed E-state index contributed by atoms with van der Waals surface area (Å²) in [6.45, 7) is 3.44. The Morgan fingerprint density at radius 1 is 1.70 bits per heavy atom. The first-order chi connectivity index (χ1) is 4.72. The summed E-state index contributed by atoms with van der Waals surface area (Å²) in [6.07, 6.45) is -0.129. The van der Waals surface area contributed by atoms with E-state index in [0.29, 0.717) is 19.6 Å². The Kier molecular flexibility index (Phi) is 4.66. The quantitative estimate of drug-likeness (QED) is 0.600. The van der Waals surface area contributed by atoms with E-state index in [1.165, 1.54) is 4.90 Å². The van der Waals surface area contributed by atoms with Gasteiger partial charge >= 0.3 is 6.09 Å².